The summed E-state index contributed by atoms with van der Waals surface area (Å²) in [7, 11) is 0. The molecule has 0 saturated heterocycles. The molecule has 1 unspecified atom stereocenters. The first kappa shape index (κ1) is 20.5. The van der Waals surface area contributed by atoms with E-state index in [4.69, 9.17) is 0 Å². The van der Waals surface area contributed by atoms with Crippen LogP contribution in [0, 0.1) is 5.82 Å². The molecule has 3 aromatic carbocycles. The number of alkyl halides is 3. The smallest absolute Gasteiger partial charge is 0.358 e. The number of nitrogens with zero attached hydrogens (tertiary/aromatic N) is 1. The summed E-state index contributed by atoms with van der Waals surface area (Å²) in [5, 5.41) is 0. The van der Waals surface area contributed by atoms with E-state index >= 15 is 0 Å². The molecule has 0 aliphatic carbocycles. The summed E-state index contributed by atoms with van der Waals surface area (Å²) in [6, 6.07) is 18.8. The number of hydrogen-bond donors (Lipinski definition) is 0. The Bertz CT molecular complexity index is 1040. The molecule has 4 rings (SSSR count). The highest BCUT2D eigenvalue weighted by molar-refractivity contribution is 5.57. The van der Waals surface area contributed by atoms with Gasteiger partial charge in [0.05, 0.1) is 17.3 Å². The van der Waals surface area contributed by atoms with E-state index in [-0.39, 0.29) is 11.7 Å². The van der Waals surface area contributed by atoms with Gasteiger partial charge < -0.3 is 4.90 Å². The average Bonchev–Trinajstić information content (AvgIpc) is 2.72. The topological polar surface area (TPSA) is 3.24 Å². The molecule has 1 aliphatic rings. The largest absolute Gasteiger partial charge is 0.416 e. The van der Waals surface area contributed by atoms with E-state index in [0.717, 1.165) is 17.2 Å². The van der Waals surface area contributed by atoms with Crippen LogP contribution in [-0.2, 0) is 12.6 Å². The first-order chi connectivity index (χ1) is 14.3. The van der Waals surface area contributed by atoms with E-state index in [1.807, 2.05) is 35.2 Å². The molecule has 0 saturated carbocycles. The van der Waals surface area contributed by atoms with Gasteiger partial charge in [-0.05, 0) is 52.8 Å². The molecular formula is C25H23F4N. The zero-order valence-electron chi connectivity index (χ0n) is 16.9. The Labute approximate surface area is 174 Å². The van der Waals surface area contributed by atoms with E-state index in [1.54, 1.807) is 0 Å². The Balaban J connectivity index is 1.81. The normalized spacial score (nSPS) is 16.6. The Morgan fingerprint density at radius 2 is 1.63 bits per heavy atom. The van der Waals surface area contributed by atoms with E-state index < -0.39 is 17.6 Å². The minimum Gasteiger partial charge on any atom is -0.358 e. The van der Waals surface area contributed by atoms with E-state index in [2.05, 4.69) is 32.0 Å². The van der Waals surface area contributed by atoms with Gasteiger partial charge >= 0.3 is 6.18 Å². The van der Waals surface area contributed by atoms with Gasteiger partial charge in [-0.25, -0.2) is 4.39 Å². The van der Waals surface area contributed by atoms with Crippen molar-refractivity contribution >= 4 is 5.69 Å². The maximum atomic E-state index is 14.9. The van der Waals surface area contributed by atoms with Gasteiger partial charge in [0.1, 0.15) is 5.82 Å². The molecule has 0 amide bonds. The van der Waals surface area contributed by atoms with Crippen LogP contribution in [0.25, 0.3) is 0 Å². The fourth-order valence-electron chi connectivity index (χ4n) is 4.16. The second kappa shape index (κ2) is 7.78. The molecule has 1 atom stereocenters. The standard InChI is InChI=1S/C25H23F4N/c1-16(2)17-7-9-19(10-8-17)24-21-6-4-3-5-18(21)13-14-30(24)23-12-11-20(15-22(23)26)25(27,28)29/h3-12,15-16,24H,13-14H2,1-2H3. The Morgan fingerprint density at radius 3 is 2.27 bits per heavy atom. The lowest BCUT2D eigenvalue weighted by molar-refractivity contribution is -0.137. The zero-order valence-corrected chi connectivity index (χ0v) is 16.9. The lowest BCUT2D eigenvalue weighted by Gasteiger charge is -2.39. The number of fused-ring (bicyclic) bond motifs is 1. The number of benzene rings is 3. The number of hydrogen-bond acceptors (Lipinski definition) is 1. The summed E-state index contributed by atoms with van der Waals surface area (Å²) in [5.41, 5.74) is 3.65. The van der Waals surface area contributed by atoms with Crippen molar-refractivity contribution in [1.82, 2.24) is 0 Å². The summed E-state index contributed by atoms with van der Waals surface area (Å²) < 4.78 is 53.9. The van der Waals surface area contributed by atoms with Crippen molar-refractivity contribution in [2.45, 2.75) is 38.4 Å². The van der Waals surface area contributed by atoms with Crippen LogP contribution < -0.4 is 4.90 Å². The summed E-state index contributed by atoms with van der Waals surface area (Å²) in [6.07, 6.45) is -3.86. The van der Waals surface area contributed by atoms with Crippen LogP contribution >= 0.6 is 0 Å². The summed E-state index contributed by atoms with van der Waals surface area (Å²) >= 11 is 0. The number of halogens is 4. The van der Waals surface area contributed by atoms with Crippen molar-refractivity contribution in [2.75, 3.05) is 11.4 Å². The van der Waals surface area contributed by atoms with Crippen molar-refractivity contribution in [2.24, 2.45) is 0 Å². The highest BCUT2D eigenvalue weighted by Gasteiger charge is 2.34. The van der Waals surface area contributed by atoms with Crippen molar-refractivity contribution in [3.05, 3.63) is 100 Å². The van der Waals surface area contributed by atoms with Crippen LogP contribution in [0.2, 0.25) is 0 Å². The Morgan fingerprint density at radius 1 is 0.933 bits per heavy atom. The fourth-order valence-corrected chi connectivity index (χ4v) is 4.16. The van der Waals surface area contributed by atoms with Gasteiger partial charge in [0.2, 0.25) is 0 Å². The van der Waals surface area contributed by atoms with Gasteiger partial charge in [-0.15, -0.1) is 0 Å². The van der Waals surface area contributed by atoms with Crippen LogP contribution in [0.1, 0.15) is 53.6 Å². The molecule has 30 heavy (non-hydrogen) atoms. The third kappa shape index (κ3) is 3.81. The van der Waals surface area contributed by atoms with Crippen LogP contribution in [0.3, 0.4) is 0 Å². The van der Waals surface area contributed by atoms with Gasteiger partial charge in [-0.3, -0.25) is 0 Å². The van der Waals surface area contributed by atoms with Crippen LogP contribution in [0.4, 0.5) is 23.2 Å². The predicted octanol–water partition coefficient (Wildman–Crippen LogP) is 7.12. The molecular weight excluding hydrogens is 390 g/mol. The summed E-state index contributed by atoms with van der Waals surface area (Å²) in [5.74, 6) is -0.464. The van der Waals surface area contributed by atoms with Gasteiger partial charge in [0.25, 0.3) is 0 Å². The second-order valence-corrected chi connectivity index (χ2v) is 8.03. The lowest BCUT2D eigenvalue weighted by Crippen LogP contribution is -2.36. The average molecular weight is 413 g/mol. The lowest BCUT2D eigenvalue weighted by atomic mass is 9.87. The van der Waals surface area contributed by atoms with Gasteiger partial charge in [0.15, 0.2) is 0 Å². The quantitative estimate of drug-likeness (QED) is 0.413. The third-order valence-corrected chi connectivity index (χ3v) is 5.79. The number of rotatable bonds is 3. The minimum absolute atomic E-state index is 0.190. The van der Waals surface area contributed by atoms with Gasteiger partial charge in [0, 0.05) is 6.54 Å². The molecule has 1 heterocycles. The van der Waals surface area contributed by atoms with Crippen LogP contribution in [0.15, 0.2) is 66.7 Å². The Kier molecular flexibility index (Phi) is 5.31. The Hall–Kier alpha value is -2.82. The molecule has 1 aliphatic heterocycles. The van der Waals surface area contributed by atoms with Crippen molar-refractivity contribution in [3.63, 3.8) is 0 Å². The highest BCUT2D eigenvalue weighted by Crippen LogP contribution is 2.40. The third-order valence-electron chi connectivity index (χ3n) is 5.79. The second-order valence-electron chi connectivity index (χ2n) is 8.03. The van der Waals surface area contributed by atoms with Crippen LogP contribution in [-0.4, -0.2) is 6.54 Å². The van der Waals surface area contributed by atoms with Crippen molar-refractivity contribution < 1.29 is 17.6 Å². The maximum absolute atomic E-state index is 14.9. The molecule has 5 heteroatoms. The van der Waals surface area contributed by atoms with E-state index in [9.17, 15) is 17.6 Å². The highest BCUT2D eigenvalue weighted by atomic mass is 19.4. The van der Waals surface area contributed by atoms with E-state index in [0.29, 0.717) is 24.9 Å². The number of anilines is 1. The first-order valence-corrected chi connectivity index (χ1v) is 10.1. The SMILES string of the molecule is CC(C)c1ccc(C2c3ccccc3CCN2c2ccc(C(F)(F)F)cc2F)cc1. The maximum Gasteiger partial charge on any atom is 0.416 e. The predicted molar refractivity (Wildman–Crippen MR) is 111 cm³/mol. The molecule has 0 spiro atoms. The van der Waals surface area contributed by atoms with Crippen molar-refractivity contribution in [1.29, 1.82) is 0 Å². The molecule has 0 aromatic heterocycles. The van der Waals surface area contributed by atoms with Crippen molar-refractivity contribution in [3.8, 4) is 0 Å². The zero-order chi connectivity index (χ0) is 21.5. The molecule has 0 bridgehead atoms. The molecule has 0 N–H and O–H groups in total. The minimum atomic E-state index is -4.57. The first-order valence-electron chi connectivity index (χ1n) is 10.1. The molecule has 0 radical (unpaired) electrons. The monoisotopic (exact) mass is 413 g/mol. The molecule has 3 aromatic rings. The van der Waals surface area contributed by atoms with Gasteiger partial charge in [-0.1, -0.05) is 62.4 Å². The molecule has 1 nitrogen and oxygen atoms in total. The van der Waals surface area contributed by atoms with Gasteiger partial charge in [-0.2, -0.15) is 13.2 Å². The molecule has 0 fully saturated rings. The summed E-state index contributed by atoms with van der Waals surface area (Å²) in [4.78, 5) is 1.88. The fraction of sp³-hybridized carbons (Fsp3) is 0.280. The van der Waals surface area contributed by atoms with E-state index in [1.165, 1.54) is 17.2 Å². The molecule has 156 valence electrons. The van der Waals surface area contributed by atoms with Crippen LogP contribution in [0.5, 0.6) is 0 Å². The summed E-state index contributed by atoms with van der Waals surface area (Å²) in [6.45, 7) is 4.76.